The minimum Gasteiger partial charge on any atom is -0.278 e. The maximum absolute atomic E-state index is 11.1. The van der Waals surface area contributed by atoms with Crippen molar-refractivity contribution >= 4 is 39.3 Å². The Hall–Kier alpha value is -1.30. The van der Waals surface area contributed by atoms with Crippen LogP contribution in [0.3, 0.4) is 0 Å². The van der Waals surface area contributed by atoms with Crippen LogP contribution in [-0.2, 0) is 9.84 Å². The monoisotopic (exact) mass is 302 g/mol. The molecule has 1 N–H and O–H groups in total. The van der Waals surface area contributed by atoms with E-state index in [2.05, 4.69) is 10.5 Å². The fraction of sp³-hybridized carbons (Fsp3) is 0. The van der Waals surface area contributed by atoms with Crippen LogP contribution in [0.2, 0.25) is 10.0 Å². The molecule has 0 fully saturated rings. The molecule has 1 aromatic rings. The van der Waals surface area contributed by atoms with Gasteiger partial charge in [-0.3, -0.25) is 5.43 Å². The molecule has 0 aliphatic carbocycles. The van der Waals surface area contributed by atoms with E-state index in [9.17, 15) is 8.42 Å². The minimum atomic E-state index is -3.23. The molecular weight excluding hydrogens is 295 g/mol. The van der Waals surface area contributed by atoms with Crippen LogP contribution in [0, 0.1) is 0 Å². The van der Waals surface area contributed by atoms with Crippen molar-refractivity contribution < 1.29 is 8.42 Å². The van der Waals surface area contributed by atoms with Gasteiger partial charge in [-0.1, -0.05) is 23.2 Å². The highest BCUT2D eigenvalue weighted by atomic mass is 35.5. The lowest BCUT2D eigenvalue weighted by Crippen LogP contribution is -2.02. The molecule has 0 bridgehead atoms. The highest BCUT2D eigenvalue weighted by Crippen LogP contribution is 2.18. The highest BCUT2D eigenvalue weighted by molar-refractivity contribution is 7.97. The van der Waals surface area contributed by atoms with Gasteiger partial charge in [0.2, 0.25) is 0 Å². The van der Waals surface area contributed by atoms with Crippen LogP contribution < -0.4 is 5.43 Å². The number of hydrazone groups is 1. The second-order valence-corrected chi connectivity index (χ2v) is 6.10. The number of allylic oxidation sites excluding steroid dienone is 1. The third-order valence-electron chi connectivity index (χ3n) is 2.02. The Morgan fingerprint density at radius 1 is 1.17 bits per heavy atom. The quantitative estimate of drug-likeness (QED) is 0.690. The summed E-state index contributed by atoms with van der Waals surface area (Å²) < 4.78 is 22.1. The summed E-state index contributed by atoms with van der Waals surface area (Å²) in [5.74, 6) is 0. The van der Waals surface area contributed by atoms with Crippen LogP contribution >= 0.6 is 23.2 Å². The molecule has 0 saturated heterocycles. The fourth-order valence-corrected chi connectivity index (χ4v) is 2.76. The molecule has 0 radical (unpaired) electrons. The number of hydrogen-bond donors (Lipinski definition) is 1. The smallest absolute Gasteiger partial charge is 0.195 e. The molecule has 0 spiro atoms. The first-order chi connectivity index (χ1) is 8.44. The number of nitrogens with one attached hydrogen (secondary N) is 1. The van der Waals surface area contributed by atoms with Gasteiger partial charge in [0.05, 0.1) is 17.3 Å². The number of halogens is 2. The number of hydrogen-bond acceptors (Lipinski definition) is 4. The van der Waals surface area contributed by atoms with Gasteiger partial charge in [-0.25, -0.2) is 8.42 Å². The predicted octanol–water partition coefficient (Wildman–Crippen LogP) is 2.70. The SMILES string of the molecule is O=S1(=O)C=CC(N/N=C\c2cc(Cl)cc(Cl)c2)=C1. The number of benzene rings is 1. The number of sulfone groups is 1. The van der Waals surface area contributed by atoms with Gasteiger partial charge in [0, 0.05) is 15.5 Å². The van der Waals surface area contributed by atoms with Crippen LogP contribution in [0.4, 0.5) is 0 Å². The summed E-state index contributed by atoms with van der Waals surface area (Å²) >= 11 is 11.7. The van der Waals surface area contributed by atoms with E-state index in [1.807, 2.05) is 0 Å². The van der Waals surface area contributed by atoms with E-state index >= 15 is 0 Å². The van der Waals surface area contributed by atoms with Crippen LogP contribution in [0.1, 0.15) is 5.56 Å². The van der Waals surface area contributed by atoms with Gasteiger partial charge in [-0.15, -0.1) is 0 Å². The predicted molar refractivity (Wildman–Crippen MR) is 73.3 cm³/mol. The molecule has 1 aliphatic heterocycles. The first-order valence-corrected chi connectivity index (χ1v) is 7.21. The van der Waals surface area contributed by atoms with Gasteiger partial charge >= 0.3 is 0 Å². The van der Waals surface area contributed by atoms with Crippen LogP contribution in [0.5, 0.6) is 0 Å². The van der Waals surface area contributed by atoms with Crippen molar-refractivity contribution in [3.8, 4) is 0 Å². The maximum Gasteiger partial charge on any atom is 0.195 e. The molecule has 0 atom stereocenters. The molecule has 7 heteroatoms. The molecule has 4 nitrogen and oxygen atoms in total. The second kappa shape index (κ2) is 5.14. The lowest BCUT2D eigenvalue weighted by molar-refractivity contribution is 0.613. The zero-order valence-electron chi connectivity index (χ0n) is 8.97. The summed E-state index contributed by atoms with van der Waals surface area (Å²) in [6.07, 6.45) is 2.93. The highest BCUT2D eigenvalue weighted by Gasteiger charge is 2.09. The van der Waals surface area contributed by atoms with Crippen molar-refractivity contribution in [1.82, 2.24) is 5.43 Å². The molecule has 0 aromatic heterocycles. The van der Waals surface area contributed by atoms with E-state index in [0.29, 0.717) is 21.3 Å². The zero-order valence-corrected chi connectivity index (χ0v) is 11.3. The maximum atomic E-state index is 11.1. The van der Waals surface area contributed by atoms with Gasteiger partial charge in [0.25, 0.3) is 0 Å². The summed E-state index contributed by atoms with van der Waals surface area (Å²) in [5.41, 5.74) is 3.72. The van der Waals surface area contributed by atoms with Gasteiger partial charge in [-0.2, -0.15) is 5.10 Å². The number of nitrogens with zero attached hydrogens (tertiary/aromatic N) is 1. The standard InChI is InChI=1S/C11H8Cl2N2O2S/c12-9-3-8(4-10(13)5-9)6-14-15-11-1-2-18(16,17)7-11/h1-7,15H/b14-6-. The van der Waals surface area contributed by atoms with E-state index in [-0.39, 0.29) is 0 Å². The molecule has 0 saturated carbocycles. The van der Waals surface area contributed by atoms with Crippen LogP contribution in [-0.4, -0.2) is 14.6 Å². The summed E-state index contributed by atoms with van der Waals surface area (Å²) in [6.45, 7) is 0. The van der Waals surface area contributed by atoms with Crippen molar-refractivity contribution in [1.29, 1.82) is 0 Å². The van der Waals surface area contributed by atoms with Crippen molar-refractivity contribution in [3.63, 3.8) is 0 Å². The topological polar surface area (TPSA) is 58.5 Å². The van der Waals surface area contributed by atoms with Crippen LogP contribution in [0.25, 0.3) is 0 Å². The summed E-state index contributed by atoms with van der Waals surface area (Å²) in [6, 6.07) is 4.99. The minimum absolute atomic E-state index is 0.402. The number of rotatable bonds is 3. The zero-order chi connectivity index (χ0) is 13.2. The third-order valence-corrected chi connectivity index (χ3v) is 3.56. The average Bonchev–Trinajstić information content (AvgIpc) is 2.57. The van der Waals surface area contributed by atoms with E-state index in [4.69, 9.17) is 23.2 Å². The fourth-order valence-electron chi connectivity index (χ4n) is 1.32. The first kappa shape index (κ1) is 13.1. The van der Waals surface area contributed by atoms with E-state index in [0.717, 1.165) is 10.8 Å². The Balaban J connectivity index is 2.07. The molecule has 1 heterocycles. The largest absolute Gasteiger partial charge is 0.278 e. The Morgan fingerprint density at radius 2 is 1.83 bits per heavy atom. The normalized spacial score (nSPS) is 17.1. The molecule has 94 valence electrons. The Kier molecular flexibility index (Phi) is 3.75. The molecule has 1 aromatic carbocycles. The molecule has 1 aliphatic rings. The van der Waals surface area contributed by atoms with E-state index in [1.165, 1.54) is 12.3 Å². The van der Waals surface area contributed by atoms with Crippen molar-refractivity contribution in [2.75, 3.05) is 0 Å². The molecule has 18 heavy (non-hydrogen) atoms. The molecule has 0 amide bonds. The lowest BCUT2D eigenvalue weighted by Gasteiger charge is -1.98. The van der Waals surface area contributed by atoms with Gasteiger partial charge < -0.3 is 0 Å². The molecule has 0 unspecified atom stereocenters. The first-order valence-electron chi connectivity index (χ1n) is 4.85. The summed E-state index contributed by atoms with van der Waals surface area (Å²) in [7, 11) is -3.23. The van der Waals surface area contributed by atoms with Gasteiger partial charge in [0.15, 0.2) is 9.84 Å². The van der Waals surface area contributed by atoms with Crippen molar-refractivity contribution in [2.45, 2.75) is 0 Å². The Labute approximate surface area is 115 Å². The van der Waals surface area contributed by atoms with E-state index < -0.39 is 9.84 Å². The Morgan fingerprint density at radius 3 is 2.39 bits per heavy atom. The lowest BCUT2D eigenvalue weighted by atomic mass is 10.2. The second-order valence-electron chi connectivity index (χ2n) is 3.54. The Bertz CT molecular complexity index is 643. The van der Waals surface area contributed by atoms with Gasteiger partial charge in [-0.05, 0) is 29.8 Å². The molecular formula is C11H8Cl2N2O2S. The molecule has 2 rings (SSSR count). The van der Waals surface area contributed by atoms with Crippen molar-refractivity contribution in [3.05, 3.63) is 56.4 Å². The third kappa shape index (κ3) is 3.60. The summed E-state index contributed by atoms with van der Waals surface area (Å²) in [5, 5.41) is 7.10. The van der Waals surface area contributed by atoms with Gasteiger partial charge in [0.1, 0.15) is 0 Å². The summed E-state index contributed by atoms with van der Waals surface area (Å²) in [4.78, 5) is 0. The average molecular weight is 303 g/mol. The van der Waals surface area contributed by atoms with Crippen LogP contribution in [0.15, 0.2) is 45.9 Å². The van der Waals surface area contributed by atoms with E-state index in [1.54, 1.807) is 18.2 Å². The van der Waals surface area contributed by atoms with Crippen molar-refractivity contribution in [2.24, 2.45) is 5.10 Å².